The number of alkyl halides is 2. The highest BCUT2D eigenvalue weighted by Crippen LogP contribution is 2.24. The molecule has 110 valence electrons. The molecule has 7 heteroatoms. The third-order valence-corrected chi connectivity index (χ3v) is 3.06. The van der Waals surface area contributed by atoms with Crippen molar-refractivity contribution in [1.29, 1.82) is 0 Å². The minimum atomic E-state index is -2.87. The summed E-state index contributed by atoms with van der Waals surface area (Å²) in [4.78, 5) is 11.6. The van der Waals surface area contributed by atoms with E-state index in [9.17, 15) is 22.4 Å². The molecule has 0 bridgehead atoms. The molecule has 0 radical (unpaired) electrons. The smallest absolute Gasteiger partial charge is 0.262 e. The fourth-order valence-corrected chi connectivity index (χ4v) is 2.11. The van der Waals surface area contributed by atoms with Crippen molar-refractivity contribution in [3.8, 4) is 0 Å². The van der Waals surface area contributed by atoms with Crippen LogP contribution in [0.1, 0.15) is 12.0 Å². The van der Waals surface area contributed by atoms with Gasteiger partial charge in [-0.25, -0.2) is 17.6 Å². The van der Waals surface area contributed by atoms with Crippen LogP contribution in [0.3, 0.4) is 0 Å². The van der Waals surface area contributed by atoms with Crippen LogP contribution < -0.4 is 10.6 Å². The number of halogens is 4. The Hall–Kier alpha value is -1.63. The van der Waals surface area contributed by atoms with Crippen LogP contribution in [0.4, 0.5) is 17.6 Å². The molecular formula is C13H14F4N2O. The second-order valence-electron chi connectivity index (χ2n) is 4.81. The summed E-state index contributed by atoms with van der Waals surface area (Å²) < 4.78 is 51.7. The minimum Gasteiger partial charge on any atom is -0.354 e. The first-order valence-electron chi connectivity index (χ1n) is 6.20. The summed E-state index contributed by atoms with van der Waals surface area (Å²) in [5, 5.41) is 4.90. The molecule has 1 atom stereocenters. The van der Waals surface area contributed by atoms with Crippen molar-refractivity contribution in [2.45, 2.75) is 24.8 Å². The Bertz CT molecular complexity index is 487. The van der Waals surface area contributed by atoms with Crippen LogP contribution >= 0.6 is 0 Å². The predicted molar refractivity (Wildman–Crippen MR) is 64.4 cm³/mol. The first-order chi connectivity index (χ1) is 9.35. The number of hydrogen-bond donors (Lipinski definition) is 2. The Labute approximate surface area is 113 Å². The molecule has 3 nitrogen and oxygen atoms in total. The molecule has 1 unspecified atom stereocenters. The zero-order valence-electron chi connectivity index (χ0n) is 10.6. The molecule has 2 rings (SSSR count). The second-order valence-corrected chi connectivity index (χ2v) is 4.81. The van der Waals surface area contributed by atoms with Crippen LogP contribution in [0.2, 0.25) is 0 Å². The van der Waals surface area contributed by atoms with Crippen molar-refractivity contribution < 1.29 is 22.4 Å². The van der Waals surface area contributed by atoms with Crippen molar-refractivity contribution in [2.75, 3.05) is 13.1 Å². The van der Waals surface area contributed by atoms with Gasteiger partial charge in [0.15, 0.2) is 0 Å². The molecule has 0 spiro atoms. The topological polar surface area (TPSA) is 41.1 Å². The van der Waals surface area contributed by atoms with Gasteiger partial charge in [-0.3, -0.25) is 10.1 Å². The van der Waals surface area contributed by atoms with Crippen LogP contribution in [0.5, 0.6) is 0 Å². The molecule has 1 aromatic carbocycles. The molecule has 1 aliphatic heterocycles. The van der Waals surface area contributed by atoms with Crippen LogP contribution in [0.25, 0.3) is 0 Å². The lowest BCUT2D eigenvalue weighted by Crippen LogP contribution is -2.41. The number of amides is 1. The predicted octanol–water partition coefficient (Wildman–Crippen LogP) is 1.62. The lowest BCUT2D eigenvalue weighted by Gasteiger charge is -2.11. The highest BCUT2D eigenvalue weighted by Gasteiger charge is 2.42. The van der Waals surface area contributed by atoms with E-state index in [1.807, 2.05) is 0 Å². The van der Waals surface area contributed by atoms with Gasteiger partial charge in [-0.2, -0.15) is 0 Å². The zero-order valence-corrected chi connectivity index (χ0v) is 10.6. The number of rotatable bonds is 4. The van der Waals surface area contributed by atoms with Crippen LogP contribution in [0, 0.1) is 11.6 Å². The maximum atomic E-state index is 12.9. The van der Waals surface area contributed by atoms with Gasteiger partial charge in [-0.1, -0.05) is 0 Å². The lowest BCUT2D eigenvalue weighted by atomic mass is 10.1. The summed E-state index contributed by atoms with van der Waals surface area (Å²) in [5.74, 6) is -4.78. The van der Waals surface area contributed by atoms with E-state index in [2.05, 4.69) is 10.6 Å². The standard InChI is InChI=1S/C13H14F4N2O/c14-9-3-8(4-10(15)5-9)1-2-18-12(20)11-6-13(16,17)7-19-11/h3-5,11,19H,1-2,6-7H2,(H,18,20). The van der Waals surface area contributed by atoms with E-state index in [4.69, 9.17) is 0 Å². The Kier molecular flexibility index (Phi) is 4.27. The summed E-state index contributed by atoms with van der Waals surface area (Å²) in [6, 6.07) is 2.16. The number of hydrogen-bond acceptors (Lipinski definition) is 2. The quantitative estimate of drug-likeness (QED) is 0.827. The van der Waals surface area contributed by atoms with Gasteiger partial charge >= 0.3 is 0 Å². The Morgan fingerprint density at radius 1 is 1.30 bits per heavy atom. The molecule has 1 aliphatic rings. The normalized spacial score (nSPS) is 20.9. The number of carbonyl (C=O) groups is 1. The first kappa shape index (κ1) is 14.8. The van der Waals surface area contributed by atoms with Gasteiger partial charge in [0, 0.05) is 19.0 Å². The van der Waals surface area contributed by atoms with E-state index < -0.39 is 42.5 Å². The fraction of sp³-hybridized carbons (Fsp3) is 0.462. The Morgan fingerprint density at radius 2 is 1.95 bits per heavy atom. The van der Waals surface area contributed by atoms with Crippen molar-refractivity contribution in [2.24, 2.45) is 0 Å². The molecule has 1 fully saturated rings. The van der Waals surface area contributed by atoms with Gasteiger partial charge in [0.25, 0.3) is 5.92 Å². The van der Waals surface area contributed by atoms with Crippen molar-refractivity contribution >= 4 is 5.91 Å². The maximum absolute atomic E-state index is 12.9. The van der Waals surface area contributed by atoms with E-state index in [0.717, 1.165) is 18.2 Å². The Morgan fingerprint density at radius 3 is 2.50 bits per heavy atom. The fourth-order valence-electron chi connectivity index (χ4n) is 2.11. The molecule has 1 amide bonds. The number of benzene rings is 1. The van der Waals surface area contributed by atoms with Gasteiger partial charge < -0.3 is 5.32 Å². The van der Waals surface area contributed by atoms with E-state index in [-0.39, 0.29) is 13.0 Å². The summed E-state index contributed by atoms with van der Waals surface area (Å²) in [7, 11) is 0. The SMILES string of the molecule is O=C(NCCc1cc(F)cc(F)c1)C1CC(F)(F)CN1. The Balaban J connectivity index is 1.80. The van der Waals surface area contributed by atoms with Crippen LogP contribution in [-0.4, -0.2) is 31.0 Å². The van der Waals surface area contributed by atoms with E-state index in [0.29, 0.717) is 5.56 Å². The van der Waals surface area contributed by atoms with Gasteiger partial charge in [0.1, 0.15) is 11.6 Å². The second kappa shape index (κ2) is 5.78. The van der Waals surface area contributed by atoms with E-state index in [1.54, 1.807) is 0 Å². The molecule has 0 saturated carbocycles. The largest absolute Gasteiger partial charge is 0.354 e. The van der Waals surface area contributed by atoms with Crippen molar-refractivity contribution in [3.63, 3.8) is 0 Å². The van der Waals surface area contributed by atoms with Crippen molar-refractivity contribution in [3.05, 3.63) is 35.4 Å². The van der Waals surface area contributed by atoms with Crippen LogP contribution in [0.15, 0.2) is 18.2 Å². The van der Waals surface area contributed by atoms with Gasteiger partial charge in [-0.05, 0) is 24.1 Å². The summed E-state index contributed by atoms with van der Waals surface area (Å²) in [6.45, 7) is -0.383. The summed E-state index contributed by atoms with van der Waals surface area (Å²) in [6.07, 6.45) is -0.309. The van der Waals surface area contributed by atoms with E-state index in [1.165, 1.54) is 0 Å². The highest BCUT2D eigenvalue weighted by atomic mass is 19.3. The molecule has 0 aliphatic carbocycles. The average Bonchev–Trinajstić information content (AvgIpc) is 2.68. The third-order valence-electron chi connectivity index (χ3n) is 3.06. The highest BCUT2D eigenvalue weighted by molar-refractivity contribution is 5.82. The molecule has 20 heavy (non-hydrogen) atoms. The number of nitrogens with one attached hydrogen (secondary N) is 2. The molecule has 1 saturated heterocycles. The molecular weight excluding hydrogens is 276 g/mol. The van der Waals surface area contributed by atoms with Crippen LogP contribution in [-0.2, 0) is 11.2 Å². The molecule has 2 N–H and O–H groups in total. The van der Waals surface area contributed by atoms with Gasteiger partial charge in [-0.15, -0.1) is 0 Å². The first-order valence-corrected chi connectivity index (χ1v) is 6.20. The van der Waals surface area contributed by atoms with E-state index >= 15 is 0 Å². The number of carbonyl (C=O) groups excluding carboxylic acids is 1. The summed E-state index contributed by atoms with van der Waals surface area (Å²) in [5.41, 5.74) is 0.396. The monoisotopic (exact) mass is 290 g/mol. The minimum absolute atomic E-state index is 0.130. The molecule has 1 aromatic rings. The lowest BCUT2D eigenvalue weighted by molar-refractivity contribution is -0.123. The average molecular weight is 290 g/mol. The van der Waals surface area contributed by atoms with Crippen molar-refractivity contribution in [1.82, 2.24) is 10.6 Å². The third kappa shape index (κ3) is 3.93. The zero-order chi connectivity index (χ0) is 14.8. The molecule has 1 heterocycles. The molecule has 0 aromatic heterocycles. The van der Waals surface area contributed by atoms with Gasteiger partial charge in [0.05, 0.1) is 12.6 Å². The van der Waals surface area contributed by atoms with Gasteiger partial charge in [0.2, 0.25) is 5.91 Å². The maximum Gasteiger partial charge on any atom is 0.262 e. The summed E-state index contributed by atoms with van der Waals surface area (Å²) >= 11 is 0.